The van der Waals surface area contributed by atoms with Gasteiger partial charge in [-0.2, -0.15) is 4.98 Å². The SMILES string of the molecule is CCOc1cc(NCC2(O)CCCC2)nc(C)n1. The van der Waals surface area contributed by atoms with Gasteiger partial charge in [-0.25, -0.2) is 4.98 Å². The van der Waals surface area contributed by atoms with Gasteiger partial charge in [0.1, 0.15) is 11.6 Å². The fourth-order valence-electron chi connectivity index (χ4n) is 2.32. The Kier molecular flexibility index (Phi) is 4.01. The molecule has 100 valence electrons. The van der Waals surface area contributed by atoms with Crippen LogP contribution in [0.5, 0.6) is 5.88 Å². The second kappa shape index (κ2) is 5.52. The highest BCUT2D eigenvalue weighted by Gasteiger charge is 2.30. The predicted molar refractivity (Wildman–Crippen MR) is 69.8 cm³/mol. The van der Waals surface area contributed by atoms with E-state index >= 15 is 0 Å². The maximum atomic E-state index is 10.3. The van der Waals surface area contributed by atoms with E-state index in [4.69, 9.17) is 4.74 Å². The van der Waals surface area contributed by atoms with Gasteiger partial charge in [-0.15, -0.1) is 0 Å². The first-order valence-electron chi connectivity index (χ1n) is 6.56. The van der Waals surface area contributed by atoms with E-state index in [1.165, 1.54) is 0 Å². The van der Waals surface area contributed by atoms with Crippen molar-refractivity contribution < 1.29 is 9.84 Å². The van der Waals surface area contributed by atoms with Crippen molar-refractivity contribution in [1.82, 2.24) is 9.97 Å². The first-order valence-corrected chi connectivity index (χ1v) is 6.56. The van der Waals surface area contributed by atoms with E-state index in [-0.39, 0.29) is 0 Å². The van der Waals surface area contributed by atoms with Crippen LogP contribution < -0.4 is 10.1 Å². The number of hydrogen-bond donors (Lipinski definition) is 2. The van der Waals surface area contributed by atoms with Crippen molar-refractivity contribution in [3.8, 4) is 5.88 Å². The van der Waals surface area contributed by atoms with Crippen molar-refractivity contribution in [2.45, 2.75) is 45.1 Å². The minimum atomic E-state index is -0.579. The molecule has 1 heterocycles. The van der Waals surface area contributed by atoms with Gasteiger partial charge in [-0.3, -0.25) is 0 Å². The summed E-state index contributed by atoms with van der Waals surface area (Å²) in [5, 5.41) is 13.4. The number of rotatable bonds is 5. The highest BCUT2D eigenvalue weighted by Crippen LogP contribution is 2.29. The number of hydrogen-bond acceptors (Lipinski definition) is 5. The summed E-state index contributed by atoms with van der Waals surface area (Å²) in [6.45, 7) is 4.87. The van der Waals surface area contributed by atoms with Crippen molar-refractivity contribution in [2.24, 2.45) is 0 Å². The fraction of sp³-hybridized carbons (Fsp3) is 0.692. The van der Waals surface area contributed by atoms with Gasteiger partial charge < -0.3 is 15.2 Å². The van der Waals surface area contributed by atoms with E-state index in [1.807, 2.05) is 13.8 Å². The number of aromatic nitrogens is 2. The molecule has 2 N–H and O–H groups in total. The third kappa shape index (κ3) is 3.32. The molecule has 0 unspecified atom stereocenters. The summed E-state index contributed by atoms with van der Waals surface area (Å²) in [5.74, 6) is 1.96. The largest absolute Gasteiger partial charge is 0.478 e. The maximum absolute atomic E-state index is 10.3. The summed E-state index contributed by atoms with van der Waals surface area (Å²) >= 11 is 0. The first kappa shape index (κ1) is 13.1. The summed E-state index contributed by atoms with van der Waals surface area (Å²) in [6, 6.07) is 1.77. The monoisotopic (exact) mass is 251 g/mol. The van der Waals surface area contributed by atoms with Crippen molar-refractivity contribution in [2.75, 3.05) is 18.5 Å². The predicted octanol–water partition coefficient (Wildman–Crippen LogP) is 1.90. The summed E-state index contributed by atoms with van der Waals surface area (Å²) < 4.78 is 5.37. The molecular formula is C13H21N3O2. The standard InChI is InChI=1S/C13H21N3O2/c1-3-18-12-8-11(15-10(2)16-12)14-9-13(17)6-4-5-7-13/h8,17H,3-7,9H2,1-2H3,(H,14,15,16). The molecule has 2 rings (SSSR count). The third-order valence-corrected chi connectivity index (χ3v) is 3.24. The molecule has 1 aliphatic carbocycles. The second-order valence-corrected chi connectivity index (χ2v) is 4.86. The molecule has 1 aromatic rings. The Balaban J connectivity index is 2.00. The van der Waals surface area contributed by atoms with Crippen LogP contribution in [0.15, 0.2) is 6.07 Å². The lowest BCUT2D eigenvalue weighted by Crippen LogP contribution is -2.33. The zero-order valence-corrected chi connectivity index (χ0v) is 11.1. The van der Waals surface area contributed by atoms with Gasteiger partial charge in [0.05, 0.1) is 12.2 Å². The molecular weight excluding hydrogens is 230 g/mol. The number of nitrogens with zero attached hydrogens (tertiary/aromatic N) is 2. The molecule has 1 fully saturated rings. The molecule has 0 radical (unpaired) electrons. The summed E-state index contributed by atoms with van der Waals surface area (Å²) in [7, 11) is 0. The van der Waals surface area contributed by atoms with E-state index in [0.717, 1.165) is 25.7 Å². The van der Waals surface area contributed by atoms with Crippen LogP contribution in [0, 0.1) is 6.92 Å². The Labute approximate surface area is 108 Å². The van der Waals surface area contributed by atoms with Crippen LogP contribution in [0.2, 0.25) is 0 Å². The lowest BCUT2D eigenvalue weighted by Gasteiger charge is -2.22. The molecule has 0 amide bonds. The van der Waals surface area contributed by atoms with E-state index in [9.17, 15) is 5.11 Å². The van der Waals surface area contributed by atoms with Crippen LogP contribution in [-0.2, 0) is 0 Å². The average Bonchev–Trinajstić information content (AvgIpc) is 2.74. The molecule has 0 spiro atoms. The topological polar surface area (TPSA) is 67.3 Å². The number of nitrogens with one attached hydrogen (secondary N) is 1. The van der Waals surface area contributed by atoms with Crippen molar-refractivity contribution in [3.05, 3.63) is 11.9 Å². The highest BCUT2D eigenvalue weighted by atomic mass is 16.5. The van der Waals surface area contributed by atoms with Crippen LogP contribution in [0.4, 0.5) is 5.82 Å². The molecule has 5 heteroatoms. The number of aliphatic hydroxyl groups is 1. The highest BCUT2D eigenvalue weighted by molar-refractivity contribution is 5.38. The molecule has 0 bridgehead atoms. The lowest BCUT2D eigenvalue weighted by molar-refractivity contribution is 0.0613. The Hall–Kier alpha value is -1.36. The minimum absolute atomic E-state index is 0.537. The van der Waals surface area contributed by atoms with Crippen LogP contribution in [0.3, 0.4) is 0 Å². The summed E-state index contributed by atoms with van der Waals surface area (Å²) in [6.07, 6.45) is 3.93. The quantitative estimate of drug-likeness (QED) is 0.836. The molecule has 5 nitrogen and oxygen atoms in total. The second-order valence-electron chi connectivity index (χ2n) is 4.86. The summed E-state index contributed by atoms with van der Waals surface area (Å²) in [5.41, 5.74) is -0.579. The molecule has 18 heavy (non-hydrogen) atoms. The van der Waals surface area contributed by atoms with Crippen LogP contribution in [0.25, 0.3) is 0 Å². The Bertz CT molecular complexity index is 403. The van der Waals surface area contributed by atoms with Crippen LogP contribution in [-0.4, -0.2) is 33.8 Å². The molecule has 0 aromatic carbocycles. The summed E-state index contributed by atoms with van der Waals surface area (Å²) in [4.78, 5) is 8.48. The van der Waals surface area contributed by atoms with Crippen LogP contribution in [0.1, 0.15) is 38.4 Å². The molecule has 0 saturated heterocycles. The number of anilines is 1. The van der Waals surface area contributed by atoms with Gasteiger partial charge in [0.15, 0.2) is 0 Å². The molecule has 1 aliphatic rings. The van der Waals surface area contributed by atoms with Crippen molar-refractivity contribution in [1.29, 1.82) is 0 Å². The van der Waals surface area contributed by atoms with Crippen LogP contribution >= 0.6 is 0 Å². The van der Waals surface area contributed by atoms with E-state index in [2.05, 4.69) is 15.3 Å². The number of aryl methyl sites for hydroxylation is 1. The van der Waals surface area contributed by atoms with Gasteiger partial charge in [0.2, 0.25) is 5.88 Å². The zero-order chi connectivity index (χ0) is 13.0. The van der Waals surface area contributed by atoms with E-state index < -0.39 is 5.60 Å². The Morgan fingerprint density at radius 3 is 2.78 bits per heavy atom. The maximum Gasteiger partial charge on any atom is 0.218 e. The minimum Gasteiger partial charge on any atom is -0.478 e. The average molecular weight is 251 g/mol. The van der Waals surface area contributed by atoms with Gasteiger partial charge >= 0.3 is 0 Å². The van der Waals surface area contributed by atoms with Gasteiger partial charge in [0.25, 0.3) is 0 Å². The molecule has 1 saturated carbocycles. The third-order valence-electron chi connectivity index (χ3n) is 3.24. The number of ether oxygens (including phenoxy) is 1. The lowest BCUT2D eigenvalue weighted by atomic mass is 10.0. The van der Waals surface area contributed by atoms with E-state index in [0.29, 0.717) is 30.7 Å². The fourth-order valence-corrected chi connectivity index (χ4v) is 2.32. The smallest absolute Gasteiger partial charge is 0.218 e. The van der Waals surface area contributed by atoms with E-state index in [1.54, 1.807) is 6.07 Å². The van der Waals surface area contributed by atoms with Gasteiger partial charge in [0, 0.05) is 12.6 Å². The van der Waals surface area contributed by atoms with Crippen molar-refractivity contribution >= 4 is 5.82 Å². The zero-order valence-electron chi connectivity index (χ0n) is 11.1. The normalized spacial score (nSPS) is 17.7. The van der Waals surface area contributed by atoms with Gasteiger partial charge in [-0.05, 0) is 26.7 Å². The molecule has 0 atom stereocenters. The first-order chi connectivity index (χ1) is 8.61. The Morgan fingerprint density at radius 1 is 1.39 bits per heavy atom. The molecule has 0 aliphatic heterocycles. The Morgan fingerprint density at radius 2 is 2.11 bits per heavy atom. The van der Waals surface area contributed by atoms with Crippen molar-refractivity contribution in [3.63, 3.8) is 0 Å². The van der Waals surface area contributed by atoms with Gasteiger partial charge in [-0.1, -0.05) is 12.8 Å². The molecule has 1 aromatic heterocycles.